The van der Waals surface area contributed by atoms with Gasteiger partial charge in [0.25, 0.3) is 5.56 Å². The highest BCUT2D eigenvalue weighted by molar-refractivity contribution is 6.05. The third kappa shape index (κ3) is 10.5. The van der Waals surface area contributed by atoms with Gasteiger partial charge >= 0.3 is 11.9 Å². The van der Waals surface area contributed by atoms with Crippen LogP contribution in [0, 0.1) is 26.2 Å². The number of benzene rings is 1. The Labute approximate surface area is 346 Å². The largest absolute Gasteiger partial charge is 0.463 e. The summed E-state index contributed by atoms with van der Waals surface area (Å²) in [5.74, 6) is -1.14. The van der Waals surface area contributed by atoms with Gasteiger partial charge < -0.3 is 38.2 Å². The lowest BCUT2D eigenvalue weighted by Gasteiger charge is -2.31. The fraction of sp³-hybridized carbons (Fsp3) is 0.476. The zero-order chi connectivity index (χ0) is 44.1. The number of ether oxygens (including phenoxy) is 6. The summed E-state index contributed by atoms with van der Waals surface area (Å²) in [6.45, 7) is 15.5. The van der Waals surface area contributed by atoms with Crippen molar-refractivity contribution in [2.45, 2.75) is 99.9 Å². The number of carbonyl (C=O) groups is 3. The minimum absolute atomic E-state index is 0.0475. The van der Waals surface area contributed by atoms with Crippen molar-refractivity contribution in [3.05, 3.63) is 79.4 Å². The van der Waals surface area contributed by atoms with Crippen molar-refractivity contribution in [2.75, 3.05) is 27.8 Å². The van der Waals surface area contributed by atoms with Crippen molar-refractivity contribution >= 4 is 34.5 Å². The van der Waals surface area contributed by atoms with Crippen molar-refractivity contribution in [1.82, 2.24) is 29.7 Å². The van der Waals surface area contributed by atoms with E-state index in [2.05, 4.69) is 20.6 Å². The van der Waals surface area contributed by atoms with Gasteiger partial charge in [-0.25, -0.2) is 14.5 Å². The van der Waals surface area contributed by atoms with Gasteiger partial charge in [-0.15, -0.1) is 5.10 Å². The molecule has 18 nitrogen and oxygen atoms in total. The number of hydrogen-bond acceptors (Lipinski definition) is 15. The molecule has 18 heteroatoms. The number of aryl methyl sites for hydroxylation is 2. The van der Waals surface area contributed by atoms with Gasteiger partial charge in [0, 0.05) is 32.7 Å². The van der Waals surface area contributed by atoms with Crippen molar-refractivity contribution in [3.63, 3.8) is 0 Å². The van der Waals surface area contributed by atoms with Crippen LogP contribution in [0.1, 0.15) is 87.3 Å². The van der Waals surface area contributed by atoms with Gasteiger partial charge in [0.15, 0.2) is 25.1 Å². The Balaban J connectivity index is 1.38. The van der Waals surface area contributed by atoms with Crippen molar-refractivity contribution in [2.24, 2.45) is 5.41 Å². The second kappa shape index (κ2) is 18.4. The molecule has 1 amide bonds. The molecule has 5 rings (SSSR count). The van der Waals surface area contributed by atoms with Gasteiger partial charge in [0.1, 0.15) is 41.9 Å². The lowest BCUT2D eigenvalue weighted by molar-refractivity contribution is -0.155. The quantitative estimate of drug-likeness (QED) is 0.103. The first-order chi connectivity index (χ1) is 28.2. The molecule has 322 valence electrons. The molecule has 0 aliphatic heterocycles. The highest BCUT2D eigenvalue weighted by Gasteiger charge is 2.29. The van der Waals surface area contributed by atoms with E-state index < -0.39 is 22.6 Å². The molecule has 1 atom stereocenters. The van der Waals surface area contributed by atoms with Crippen LogP contribution in [0.4, 0.5) is 0 Å². The lowest BCUT2D eigenvalue weighted by atomic mass is 9.84. The van der Waals surface area contributed by atoms with E-state index in [9.17, 15) is 24.0 Å². The van der Waals surface area contributed by atoms with Crippen LogP contribution in [-0.2, 0) is 41.7 Å². The van der Waals surface area contributed by atoms with E-state index >= 15 is 0 Å². The summed E-state index contributed by atoms with van der Waals surface area (Å²) >= 11 is 0. The second-order valence-corrected chi connectivity index (χ2v) is 16.3. The Hall–Kier alpha value is -6.14. The average molecular weight is 833 g/mol. The van der Waals surface area contributed by atoms with Crippen molar-refractivity contribution in [1.29, 1.82) is 0 Å². The summed E-state index contributed by atoms with van der Waals surface area (Å²) in [7, 11) is 2.90. The zero-order valence-corrected chi connectivity index (χ0v) is 35.8. The summed E-state index contributed by atoms with van der Waals surface area (Å²) < 4.78 is 40.8. The molecule has 4 aromatic heterocycles. The highest BCUT2D eigenvalue weighted by atomic mass is 16.7. The Bertz CT molecular complexity index is 2530. The van der Waals surface area contributed by atoms with Crippen LogP contribution in [0.3, 0.4) is 0 Å². The first kappa shape index (κ1) is 45.0. The summed E-state index contributed by atoms with van der Waals surface area (Å²) in [6.07, 6.45) is 4.52. The molecule has 1 aromatic carbocycles. The maximum atomic E-state index is 14.4. The number of nitrogens with zero attached hydrogens (tertiary/aromatic N) is 5. The number of hydrogen-bond donors (Lipinski definition) is 1. The minimum atomic E-state index is -0.843. The lowest BCUT2D eigenvalue weighted by Crippen LogP contribution is -2.45. The van der Waals surface area contributed by atoms with E-state index in [0.29, 0.717) is 17.5 Å². The molecule has 60 heavy (non-hydrogen) atoms. The number of pyridine rings is 1. The first-order valence-electron chi connectivity index (χ1n) is 19.2. The molecule has 0 saturated carbocycles. The van der Waals surface area contributed by atoms with Crippen LogP contribution in [0.5, 0.6) is 11.5 Å². The smallest absolute Gasteiger partial charge is 0.339 e. The molecule has 0 fully saturated rings. The topological polar surface area (TPSA) is 214 Å². The molecule has 0 aliphatic carbocycles. The number of rotatable bonds is 16. The third-order valence-corrected chi connectivity index (χ3v) is 9.48. The van der Waals surface area contributed by atoms with E-state index in [1.165, 1.54) is 48.0 Å². The van der Waals surface area contributed by atoms with Crippen molar-refractivity contribution in [3.8, 4) is 22.6 Å². The average Bonchev–Trinajstić information content (AvgIpc) is 3.61. The standard InChI is InChI=1S/C42H52N6O12/c1-23-14-29-37(38(51)27(20-56-29)36-25(3)43-32-15-28(58-21-54-10)30(59-22-55-11)17-48(32)39(36)52)35(24(23)2)40(53)57-19-26-16-47(46-45-26)18-33(49)44-31(41(4,5)6)12-13-34(50)60-42(7,8)9/h14-17,20,31H,12-13,18-19,21-22H2,1-11H3,(H,44,49)/t31-/m0/s1. The van der Waals surface area contributed by atoms with E-state index in [0.717, 1.165) is 0 Å². The Morgan fingerprint density at radius 2 is 1.62 bits per heavy atom. The Morgan fingerprint density at radius 3 is 2.27 bits per heavy atom. The van der Waals surface area contributed by atoms with E-state index in [1.807, 2.05) is 20.8 Å². The molecular formula is C42H52N6O12. The monoisotopic (exact) mass is 832 g/mol. The molecule has 0 aliphatic rings. The van der Waals surface area contributed by atoms with Crippen LogP contribution >= 0.6 is 0 Å². The van der Waals surface area contributed by atoms with Gasteiger partial charge in [0.2, 0.25) is 11.3 Å². The van der Waals surface area contributed by atoms with Crippen LogP contribution < -0.4 is 25.8 Å². The van der Waals surface area contributed by atoms with Gasteiger partial charge in [0.05, 0.1) is 40.2 Å². The summed E-state index contributed by atoms with van der Waals surface area (Å²) in [4.78, 5) is 72.3. The van der Waals surface area contributed by atoms with Crippen LogP contribution in [0.2, 0.25) is 0 Å². The maximum absolute atomic E-state index is 14.4. The molecule has 0 saturated heterocycles. The van der Waals surface area contributed by atoms with Gasteiger partial charge in [-0.3, -0.25) is 23.6 Å². The number of carbonyl (C=O) groups excluding carboxylic acids is 3. The Morgan fingerprint density at radius 1 is 0.933 bits per heavy atom. The minimum Gasteiger partial charge on any atom is -0.463 e. The number of aromatic nitrogens is 5. The maximum Gasteiger partial charge on any atom is 0.339 e. The molecular weight excluding hydrogens is 780 g/mol. The molecule has 0 unspecified atom stereocenters. The highest BCUT2D eigenvalue weighted by Crippen LogP contribution is 2.31. The van der Waals surface area contributed by atoms with E-state index in [-0.39, 0.29) is 113 Å². The fourth-order valence-corrected chi connectivity index (χ4v) is 6.43. The van der Waals surface area contributed by atoms with Crippen LogP contribution in [0.15, 0.2) is 44.8 Å². The predicted molar refractivity (Wildman–Crippen MR) is 218 cm³/mol. The fourth-order valence-electron chi connectivity index (χ4n) is 6.43. The number of nitrogens with one attached hydrogen (secondary N) is 1. The van der Waals surface area contributed by atoms with Crippen LogP contribution in [-0.4, -0.2) is 81.7 Å². The summed E-state index contributed by atoms with van der Waals surface area (Å²) in [5, 5.41) is 11.0. The number of esters is 2. The number of methoxy groups -OCH3 is 2. The number of fused-ring (bicyclic) bond motifs is 2. The molecule has 0 bridgehead atoms. The number of amides is 1. The Kier molecular flexibility index (Phi) is 13.8. The van der Waals surface area contributed by atoms with E-state index in [4.69, 9.17) is 32.8 Å². The molecule has 0 spiro atoms. The van der Waals surface area contributed by atoms with Gasteiger partial charge in [-0.2, -0.15) is 0 Å². The van der Waals surface area contributed by atoms with Crippen LogP contribution in [0.25, 0.3) is 27.7 Å². The van der Waals surface area contributed by atoms with E-state index in [1.54, 1.807) is 47.6 Å². The zero-order valence-electron chi connectivity index (χ0n) is 35.8. The summed E-state index contributed by atoms with van der Waals surface area (Å²) in [6, 6.07) is 2.79. The van der Waals surface area contributed by atoms with Gasteiger partial charge in [-0.05, 0) is 70.6 Å². The second-order valence-electron chi connectivity index (χ2n) is 16.3. The molecule has 5 aromatic rings. The SMILES string of the molecule is COCOc1cc2nc(C)c(-c3coc4cc(C)c(C)c(C(=O)OCc5cn(CC(=O)N[C@@H](CCC(=O)OC(C)(C)C)C(C)(C)C)nn5)c4c3=O)c(=O)n2cc1OCOC. The third-order valence-electron chi connectivity index (χ3n) is 9.48. The molecule has 0 radical (unpaired) electrons. The normalized spacial score (nSPS) is 12.4. The predicted octanol–water partition coefficient (Wildman–Crippen LogP) is 4.96. The molecule has 4 heterocycles. The van der Waals surface area contributed by atoms with Crippen molar-refractivity contribution < 1.29 is 47.2 Å². The van der Waals surface area contributed by atoms with Gasteiger partial charge in [-0.1, -0.05) is 26.0 Å². The molecule has 1 N–H and O–H groups in total. The summed E-state index contributed by atoms with van der Waals surface area (Å²) in [5.41, 5.74) is -0.559. The first-order valence-corrected chi connectivity index (χ1v) is 19.2.